The summed E-state index contributed by atoms with van der Waals surface area (Å²) in [7, 11) is 2.00. The third-order valence-corrected chi connectivity index (χ3v) is 8.12. The zero-order valence-corrected chi connectivity index (χ0v) is 25.4. The van der Waals surface area contributed by atoms with Crippen LogP contribution in [0.4, 0.5) is 30.2 Å². The maximum absolute atomic E-state index is 14.1. The minimum absolute atomic E-state index is 0.0965. The maximum atomic E-state index is 14.1. The molecule has 1 aliphatic heterocycles. The molecular weight excluding hydrogens is 587 g/mol. The smallest absolute Gasteiger partial charge is 0.354 e. The van der Waals surface area contributed by atoms with E-state index in [9.17, 15) is 18.0 Å². The number of para-hydroxylation sites is 2. The van der Waals surface area contributed by atoms with Crippen molar-refractivity contribution in [3.8, 4) is 0 Å². The number of nitrogens with zero attached hydrogens (tertiary/aromatic N) is 3. The number of anilines is 3. The highest BCUT2D eigenvalue weighted by Crippen LogP contribution is 2.35. The summed E-state index contributed by atoms with van der Waals surface area (Å²) in [5, 5.41) is 7.14. The molecule has 6 nitrogen and oxygen atoms in total. The van der Waals surface area contributed by atoms with Gasteiger partial charge in [0.25, 0.3) is 5.91 Å². The first-order chi connectivity index (χ1) is 22.2. The molecule has 0 aliphatic carbocycles. The number of piperazine rings is 1. The molecule has 2 N–H and O–H groups in total. The first kappa shape index (κ1) is 31.0. The van der Waals surface area contributed by atoms with Crippen molar-refractivity contribution < 1.29 is 18.0 Å². The van der Waals surface area contributed by atoms with Crippen LogP contribution in [0.5, 0.6) is 0 Å². The van der Waals surface area contributed by atoms with E-state index >= 15 is 0 Å². The van der Waals surface area contributed by atoms with Gasteiger partial charge in [0, 0.05) is 66.8 Å². The predicted molar refractivity (Wildman–Crippen MR) is 179 cm³/mol. The second-order valence-electron chi connectivity index (χ2n) is 11.5. The van der Waals surface area contributed by atoms with Crippen molar-refractivity contribution >= 4 is 46.0 Å². The van der Waals surface area contributed by atoms with E-state index in [0.717, 1.165) is 52.6 Å². The highest BCUT2D eigenvalue weighted by molar-refractivity contribution is 6.05. The van der Waals surface area contributed by atoms with E-state index in [0.29, 0.717) is 18.7 Å². The van der Waals surface area contributed by atoms with Crippen LogP contribution in [-0.2, 0) is 12.7 Å². The summed E-state index contributed by atoms with van der Waals surface area (Å²) in [6, 6.07) is 28.7. The molecule has 46 heavy (non-hydrogen) atoms. The quantitative estimate of drug-likeness (QED) is 0.183. The van der Waals surface area contributed by atoms with Gasteiger partial charge in [0.2, 0.25) is 0 Å². The molecule has 0 saturated carbocycles. The predicted octanol–water partition coefficient (Wildman–Crippen LogP) is 8.17. The zero-order valence-electron chi connectivity index (χ0n) is 25.4. The van der Waals surface area contributed by atoms with E-state index in [-0.39, 0.29) is 17.8 Å². The second kappa shape index (κ2) is 13.6. The molecule has 0 spiro atoms. The molecule has 234 valence electrons. The van der Waals surface area contributed by atoms with Crippen molar-refractivity contribution in [3.63, 3.8) is 0 Å². The van der Waals surface area contributed by atoms with Crippen molar-refractivity contribution in [1.29, 1.82) is 0 Å². The Morgan fingerprint density at radius 2 is 1.61 bits per heavy atom. The number of halogens is 3. The van der Waals surface area contributed by atoms with Gasteiger partial charge in [-0.1, -0.05) is 66.7 Å². The van der Waals surface area contributed by atoms with E-state index in [2.05, 4.69) is 20.5 Å². The van der Waals surface area contributed by atoms with Crippen molar-refractivity contribution in [3.05, 3.63) is 131 Å². The third kappa shape index (κ3) is 7.44. The Kier molecular flexibility index (Phi) is 9.14. The third-order valence-electron chi connectivity index (χ3n) is 8.12. The van der Waals surface area contributed by atoms with Gasteiger partial charge in [-0.25, -0.2) is 0 Å². The summed E-state index contributed by atoms with van der Waals surface area (Å²) in [5.41, 5.74) is 4.20. The molecule has 1 aliphatic rings. The van der Waals surface area contributed by atoms with Crippen LogP contribution in [0.15, 0.2) is 103 Å². The fourth-order valence-corrected chi connectivity index (χ4v) is 5.56. The number of rotatable bonds is 8. The van der Waals surface area contributed by atoms with Crippen LogP contribution in [-0.4, -0.2) is 53.9 Å². The van der Waals surface area contributed by atoms with E-state index < -0.39 is 17.6 Å². The van der Waals surface area contributed by atoms with Gasteiger partial charge in [-0.3, -0.25) is 14.7 Å². The fourth-order valence-electron chi connectivity index (χ4n) is 5.56. The first-order valence-corrected chi connectivity index (χ1v) is 15.1. The van der Waals surface area contributed by atoms with Crippen molar-refractivity contribution in [2.75, 3.05) is 43.9 Å². The molecule has 2 heterocycles. The molecular formula is C37H34F3N5O. The van der Waals surface area contributed by atoms with Crippen LogP contribution in [0, 0.1) is 0 Å². The van der Waals surface area contributed by atoms with E-state index in [4.69, 9.17) is 0 Å². The lowest BCUT2D eigenvalue weighted by Gasteiger charge is -2.33. The van der Waals surface area contributed by atoms with Gasteiger partial charge in [-0.05, 0) is 60.6 Å². The SMILES string of the molecule is CN1CCN(Cc2ccc(NC(=O)c3cccc(/C=C/c4cnc5ccccc5c4Nc4ccccc4)c3)cc2C(F)(F)F)CC1. The van der Waals surface area contributed by atoms with Gasteiger partial charge in [0.05, 0.1) is 16.8 Å². The van der Waals surface area contributed by atoms with Gasteiger partial charge in [0.15, 0.2) is 0 Å². The van der Waals surface area contributed by atoms with Crippen LogP contribution in [0.1, 0.15) is 32.6 Å². The maximum Gasteiger partial charge on any atom is 0.416 e. The minimum Gasteiger partial charge on any atom is -0.354 e. The fraction of sp³-hybridized carbons (Fsp3) is 0.189. The Balaban J connectivity index is 1.21. The molecule has 0 atom stereocenters. The normalized spacial score (nSPS) is 14.5. The van der Waals surface area contributed by atoms with Crippen molar-refractivity contribution in [1.82, 2.24) is 14.8 Å². The van der Waals surface area contributed by atoms with Crippen LogP contribution in [0.2, 0.25) is 0 Å². The second-order valence-corrected chi connectivity index (χ2v) is 11.5. The minimum atomic E-state index is -4.54. The number of amides is 1. The summed E-state index contributed by atoms with van der Waals surface area (Å²) in [6.07, 6.45) is 1.07. The number of fused-ring (bicyclic) bond motifs is 1. The molecule has 6 rings (SSSR count). The average Bonchev–Trinajstić information content (AvgIpc) is 3.06. The largest absolute Gasteiger partial charge is 0.416 e. The zero-order chi connectivity index (χ0) is 32.1. The van der Waals surface area contributed by atoms with Crippen LogP contribution in [0.3, 0.4) is 0 Å². The number of likely N-dealkylation sites (N-methyl/N-ethyl adjacent to an activating group) is 1. The average molecular weight is 622 g/mol. The monoisotopic (exact) mass is 621 g/mol. The number of hydrogen-bond donors (Lipinski definition) is 2. The highest BCUT2D eigenvalue weighted by atomic mass is 19.4. The van der Waals surface area contributed by atoms with E-state index in [1.54, 1.807) is 24.4 Å². The number of carbonyl (C=O) groups is 1. The molecule has 1 aromatic heterocycles. The van der Waals surface area contributed by atoms with Crippen LogP contribution >= 0.6 is 0 Å². The summed E-state index contributed by atoms with van der Waals surface area (Å²) >= 11 is 0. The van der Waals surface area contributed by atoms with Crippen molar-refractivity contribution in [2.24, 2.45) is 0 Å². The Morgan fingerprint density at radius 3 is 2.39 bits per heavy atom. The summed E-state index contributed by atoms with van der Waals surface area (Å²) in [5.74, 6) is -0.492. The highest BCUT2D eigenvalue weighted by Gasteiger charge is 2.34. The lowest BCUT2D eigenvalue weighted by molar-refractivity contribution is -0.138. The Hall–Kier alpha value is -4.99. The van der Waals surface area contributed by atoms with Gasteiger partial charge in [0.1, 0.15) is 0 Å². The van der Waals surface area contributed by atoms with E-state index in [1.807, 2.05) is 84.8 Å². The number of pyridine rings is 1. The number of hydrogen-bond acceptors (Lipinski definition) is 5. The molecule has 0 unspecified atom stereocenters. The van der Waals surface area contributed by atoms with Crippen molar-refractivity contribution in [2.45, 2.75) is 12.7 Å². The number of aromatic nitrogens is 1. The summed E-state index contributed by atoms with van der Waals surface area (Å²) in [4.78, 5) is 22.0. The van der Waals surface area contributed by atoms with Gasteiger partial charge < -0.3 is 15.5 Å². The standard InChI is InChI=1S/C37H34F3N5O/c1-44-18-20-45(21-19-44)25-29-16-17-31(23-33(29)37(38,39)40)43-36(46)27-9-7-8-26(22-27)14-15-28-24-41-34-13-6-5-12-32(34)35(28)42-30-10-3-2-4-11-30/h2-17,22-24H,18-21,25H2,1H3,(H,41,42)(H,43,46)/b15-14+. The van der Waals surface area contributed by atoms with Gasteiger partial charge in [-0.2, -0.15) is 13.2 Å². The molecule has 1 fully saturated rings. The molecule has 4 aromatic carbocycles. The number of alkyl halides is 3. The molecule has 5 aromatic rings. The van der Waals surface area contributed by atoms with Crippen LogP contribution < -0.4 is 10.6 Å². The Labute approximate surface area is 266 Å². The molecule has 1 amide bonds. The van der Waals surface area contributed by atoms with Gasteiger partial charge >= 0.3 is 6.18 Å². The lowest BCUT2D eigenvalue weighted by Crippen LogP contribution is -2.44. The Morgan fingerprint density at radius 1 is 0.848 bits per heavy atom. The molecule has 0 radical (unpaired) electrons. The van der Waals surface area contributed by atoms with Gasteiger partial charge in [-0.15, -0.1) is 0 Å². The first-order valence-electron chi connectivity index (χ1n) is 15.1. The van der Waals surface area contributed by atoms with Crippen LogP contribution in [0.25, 0.3) is 23.1 Å². The summed E-state index contributed by atoms with van der Waals surface area (Å²) < 4.78 is 42.2. The number of nitrogens with one attached hydrogen (secondary N) is 2. The number of benzene rings is 4. The summed E-state index contributed by atoms with van der Waals surface area (Å²) in [6.45, 7) is 3.25. The molecule has 1 saturated heterocycles. The number of carbonyl (C=O) groups excluding carboxylic acids is 1. The Bertz CT molecular complexity index is 1870. The molecule has 9 heteroatoms. The van der Waals surface area contributed by atoms with E-state index in [1.165, 1.54) is 12.1 Å². The topological polar surface area (TPSA) is 60.5 Å². The lowest BCUT2D eigenvalue weighted by atomic mass is 10.0. The molecule has 0 bridgehead atoms.